The quantitative estimate of drug-likeness (QED) is 0.653. The molecule has 0 spiro atoms. The second-order valence-electron chi connectivity index (χ2n) is 7.09. The van der Waals surface area contributed by atoms with E-state index in [2.05, 4.69) is 5.32 Å². The number of primary amides is 1. The van der Waals surface area contributed by atoms with Gasteiger partial charge in [0.25, 0.3) is 5.91 Å². The zero-order valence-corrected chi connectivity index (χ0v) is 17.5. The van der Waals surface area contributed by atoms with Gasteiger partial charge in [-0.05, 0) is 36.6 Å². The molecule has 0 bridgehead atoms. The Balaban J connectivity index is 1.85. The molecule has 0 aliphatic carbocycles. The van der Waals surface area contributed by atoms with Crippen LogP contribution in [0.2, 0.25) is 0 Å². The molecule has 1 atom stereocenters. The van der Waals surface area contributed by atoms with E-state index >= 15 is 0 Å². The molecule has 0 saturated carbocycles. The highest BCUT2D eigenvalue weighted by Gasteiger charge is 2.31. The van der Waals surface area contributed by atoms with Crippen molar-refractivity contribution in [2.75, 3.05) is 20.2 Å². The lowest BCUT2D eigenvalue weighted by molar-refractivity contribution is -0.119. The van der Waals surface area contributed by atoms with Gasteiger partial charge in [-0.15, -0.1) is 0 Å². The van der Waals surface area contributed by atoms with Crippen molar-refractivity contribution in [2.45, 2.75) is 30.2 Å². The Labute approximate surface area is 176 Å². The number of benzene rings is 2. The van der Waals surface area contributed by atoms with Crippen LogP contribution >= 0.6 is 0 Å². The third kappa shape index (κ3) is 4.80. The molecule has 1 fully saturated rings. The van der Waals surface area contributed by atoms with Crippen molar-refractivity contribution < 1.29 is 22.7 Å². The molecule has 1 saturated heterocycles. The molecule has 160 valence electrons. The molecule has 2 aromatic carbocycles. The Morgan fingerprint density at radius 2 is 1.80 bits per heavy atom. The number of ether oxygens (including phenoxy) is 1. The largest absolute Gasteiger partial charge is 0.495 e. The van der Waals surface area contributed by atoms with Crippen molar-refractivity contribution >= 4 is 21.8 Å². The molecule has 0 radical (unpaired) electrons. The molecule has 9 heteroatoms. The van der Waals surface area contributed by atoms with Crippen molar-refractivity contribution in [2.24, 2.45) is 5.73 Å². The average molecular weight is 432 g/mol. The summed E-state index contributed by atoms with van der Waals surface area (Å²) in [6, 6.07) is 12.4. The van der Waals surface area contributed by atoms with Gasteiger partial charge >= 0.3 is 0 Å². The van der Waals surface area contributed by atoms with Gasteiger partial charge in [-0.25, -0.2) is 8.42 Å². The van der Waals surface area contributed by atoms with E-state index in [4.69, 9.17) is 10.5 Å². The van der Waals surface area contributed by atoms with Crippen LogP contribution in [0.5, 0.6) is 5.75 Å². The van der Waals surface area contributed by atoms with Crippen molar-refractivity contribution in [3.05, 3.63) is 59.7 Å². The molecule has 1 aliphatic heterocycles. The number of nitrogens with one attached hydrogen (secondary N) is 1. The summed E-state index contributed by atoms with van der Waals surface area (Å²) in [6.07, 6.45) is 1.82. The Bertz CT molecular complexity index is 1020. The number of amides is 2. The third-order valence-electron chi connectivity index (χ3n) is 5.04. The summed E-state index contributed by atoms with van der Waals surface area (Å²) in [7, 11) is -2.42. The van der Waals surface area contributed by atoms with Crippen LogP contribution in [0.3, 0.4) is 0 Å². The molecular formula is C21H25N3O5S. The third-order valence-corrected chi connectivity index (χ3v) is 6.96. The normalized spacial score (nSPS) is 15.5. The standard InChI is InChI=1S/C21H25N3O5S/c1-29-18-10-9-16(14-19(18)30(27,28)24-11-5-6-12-24)21(26)23-17(20(22)25)13-15-7-3-2-4-8-15/h2-4,7-10,14,17H,5-6,11-13H2,1H3,(H2,22,25)(H,23,26). The second kappa shape index (κ2) is 9.27. The van der Waals surface area contributed by atoms with Crippen LogP contribution in [0.4, 0.5) is 0 Å². The molecule has 0 aromatic heterocycles. The monoisotopic (exact) mass is 431 g/mol. The van der Waals surface area contributed by atoms with Gasteiger partial charge in [0.05, 0.1) is 7.11 Å². The number of rotatable bonds is 8. The first-order valence-electron chi connectivity index (χ1n) is 9.65. The van der Waals surface area contributed by atoms with E-state index in [-0.39, 0.29) is 22.6 Å². The Kier molecular flexibility index (Phi) is 6.73. The highest BCUT2D eigenvalue weighted by atomic mass is 32.2. The molecule has 3 rings (SSSR count). The number of sulfonamides is 1. The maximum Gasteiger partial charge on any atom is 0.251 e. The van der Waals surface area contributed by atoms with Crippen molar-refractivity contribution in [3.8, 4) is 5.75 Å². The lowest BCUT2D eigenvalue weighted by Gasteiger charge is -2.19. The van der Waals surface area contributed by atoms with Gasteiger partial charge in [-0.1, -0.05) is 30.3 Å². The molecule has 8 nitrogen and oxygen atoms in total. The zero-order chi connectivity index (χ0) is 21.7. The molecule has 3 N–H and O–H groups in total. The van der Waals surface area contributed by atoms with Gasteiger partial charge < -0.3 is 15.8 Å². The van der Waals surface area contributed by atoms with Crippen LogP contribution in [-0.4, -0.2) is 50.8 Å². The molecule has 1 heterocycles. The first-order chi connectivity index (χ1) is 14.3. The highest BCUT2D eigenvalue weighted by molar-refractivity contribution is 7.89. The fourth-order valence-electron chi connectivity index (χ4n) is 3.40. The first-order valence-corrected chi connectivity index (χ1v) is 11.1. The predicted molar refractivity (Wildman–Crippen MR) is 112 cm³/mol. The summed E-state index contributed by atoms with van der Waals surface area (Å²) < 4.78 is 32.6. The van der Waals surface area contributed by atoms with E-state index in [0.717, 1.165) is 18.4 Å². The predicted octanol–water partition coefficient (Wildman–Crippen LogP) is 1.31. The van der Waals surface area contributed by atoms with Gasteiger partial charge in [0, 0.05) is 25.1 Å². The molecule has 2 amide bonds. The van der Waals surface area contributed by atoms with Crippen molar-refractivity contribution in [3.63, 3.8) is 0 Å². The summed E-state index contributed by atoms with van der Waals surface area (Å²) in [4.78, 5) is 24.6. The van der Waals surface area contributed by atoms with Crippen LogP contribution in [0.1, 0.15) is 28.8 Å². The summed E-state index contributed by atoms with van der Waals surface area (Å²) in [5.74, 6) is -1.10. The van der Waals surface area contributed by atoms with Crippen LogP contribution in [0.15, 0.2) is 53.4 Å². The van der Waals surface area contributed by atoms with Gasteiger partial charge in [-0.3, -0.25) is 9.59 Å². The molecule has 2 aromatic rings. The summed E-state index contributed by atoms with van der Waals surface area (Å²) in [6.45, 7) is 0.867. The number of nitrogens with two attached hydrogens (primary N) is 1. The van der Waals surface area contributed by atoms with Crippen LogP contribution in [0, 0.1) is 0 Å². The van der Waals surface area contributed by atoms with Gasteiger partial charge in [0.15, 0.2) is 0 Å². The lowest BCUT2D eigenvalue weighted by atomic mass is 10.0. The van der Waals surface area contributed by atoms with Crippen LogP contribution in [-0.2, 0) is 21.2 Å². The summed E-state index contributed by atoms with van der Waals surface area (Å²) >= 11 is 0. The van der Waals surface area contributed by atoms with Crippen molar-refractivity contribution in [1.29, 1.82) is 0 Å². The van der Waals surface area contributed by atoms with E-state index < -0.39 is 27.9 Å². The van der Waals surface area contributed by atoms with Crippen LogP contribution in [0.25, 0.3) is 0 Å². The smallest absolute Gasteiger partial charge is 0.251 e. The maximum absolute atomic E-state index is 13.0. The first kappa shape index (κ1) is 21.8. The summed E-state index contributed by atoms with van der Waals surface area (Å²) in [5, 5.41) is 2.60. The van der Waals surface area contributed by atoms with Gasteiger partial charge in [-0.2, -0.15) is 4.31 Å². The molecular weight excluding hydrogens is 406 g/mol. The van der Waals surface area contributed by atoms with E-state index in [1.165, 1.54) is 29.6 Å². The number of carbonyl (C=O) groups is 2. The SMILES string of the molecule is COc1ccc(C(=O)NC(Cc2ccccc2)C(N)=O)cc1S(=O)(=O)N1CCCC1. The Morgan fingerprint density at radius 1 is 1.13 bits per heavy atom. The highest BCUT2D eigenvalue weighted by Crippen LogP contribution is 2.29. The van der Waals surface area contributed by atoms with E-state index in [1.54, 1.807) is 0 Å². The van der Waals surface area contributed by atoms with Crippen molar-refractivity contribution in [1.82, 2.24) is 9.62 Å². The minimum absolute atomic E-state index is 0.0711. The van der Waals surface area contributed by atoms with E-state index in [0.29, 0.717) is 13.1 Å². The summed E-state index contributed by atoms with van der Waals surface area (Å²) in [5.41, 5.74) is 6.41. The zero-order valence-electron chi connectivity index (χ0n) is 16.7. The van der Waals surface area contributed by atoms with E-state index in [9.17, 15) is 18.0 Å². The van der Waals surface area contributed by atoms with Gasteiger partial charge in [0.2, 0.25) is 15.9 Å². The number of hydrogen-bond acceptors (Lipinski definition) is 5. The molecule has 30 heavy (non-hydrogen) atoms. The Morgan fingerprint density at radius 3 is 2.40 bits per heavy atom. The minimum Gasteiger partial charge on any atom is -0.495 e. The van der Waals surface area contributed by atoms with E-state index in [1.807, 2.05) is 30.3 Å². The van der Waals surface area contributed by atoms with Crippen LogP contribution < -0.4 is 15.8 Å². The lowest BCUT2D eigenvalue weighted by Crippen LogP contribution is -2.45. The second-order valence-corrected chi connectivity index (χ2v) is 9.00. The fraction of sp³-hybridized carbons (Fsp3) is 0.333. The number of carbonyl (C=O) groups excluding carboxylic acids is 2. The number of methoxy groups -OCH3 is 1. The topological polar surface area (TPSA) is 119 Å². The molecule has 1 unspecified atom stereocenters. The number of hydrogen-bond donors (Lipinski definition) is 2. The Hall–Kier alpha value is -2.91. The average Bonchev–Trinajstić information content (AvgIpc) is 3.29. The number of nitrogens with zero attached hydrogens (tertiary/aromatic N) is 1. The maximum atomic E-state index is 13.0. The minimum atomic E-state index is -3.79. The molecule has 1 aliphatic rings. The fourth-order valence-corrected chi connectivity index (χ4v) is 5.10. The van der Waals surface area contributed by atoms with Gasteiger partial charge in [0.1, 0.15) is 16.7 Å².